The summed E-state index contributed by atoms with van der Waals surface area (Å²) < 4.78 is 5.52. The fourth-order valence-electron chi connectivity index (χ4n) is 4.76. The number of benzene rings is 2. The van der Waals surface area contributed by atoms with E-state index in [-0.39, 0.29) is 30.8 Å². The van der Waals surface area contributed by atoms with E-state index in [1.807, 2.05) is 24.3 Å². The van der Waals surface area contributed by atoms with Gasteiger partial charge in [-0.15, -0.1) is 0 Å². The number of hydrogen-bond donors (Lipinski definition) is 2. The normalized spacial score (nSPS) is 16.7. The summed E-state index contributed by atoms with van der Waals surface area (Å²) in [5.74, 6) is -0.915. The smallest absolute Gasteiger partial charge is 0.407 e. The lowest BCUT2D eigenvalue weighted by molar-refractivity contribution is -0.139. The minimum absolute atomic E-state index is 0.0348. The van der Waals surface area contributed by atoms with E-state index in [1.165, 1.54) is 0 Å². The van der Waals surface area contributed by atoms with Gasteiger partial charge in [0.25, 0.3) is 0 Å². The molecule has 0 aromatic heterocycles. The van der Waals surface area contributed by atoms with Crippen LogP contribution in [0.5, 0.6) is 0 Å². The van der Waals surface area contributed by atoms with Gasteiger partial charge in [-0.3, -0.25) is 9.59 Å². The van der Waals surface area contributed by atoms with Crippen molar-refractivity contribution in [3.63, 3.8) is 0 Å². The van der Waals surface area contributed by atoms with Crippen LogP contribution >= 0.6 is 0 Å². The summed E-state index contributed by atoms with van der Waals surface area (Å²) in [6.07, 6.45) is 0.842. The number of likely N-dealkylation sites (tertiary alicyclic amines) is 1. The number of carbonyl (C=O) groups excluding carboxylic acids is 2. The summed E-state index contributed by atoms with van der Waals surface area (Å²) in [7, 11) is 0. The molecule has 2 aromatic rings. The van der Waals surface area contributed by atoms with E-state index in [9.17, 15) is 14.4 Å². The van der Waals surface area contributed by atoms with Crippen molar-refractivity contribution in [1.82, 2.24) is 10.2 Å². The summed E-state index contributed by atoms with van der Waals surface area (Å²) in [4.78, 5) is 37.7. The zero-order chi connectivity index (χ0) is 22.7. The molecule has 2 N–H and O–H groups in total. The van der Waals surface area contributed by atoms with E-state index in [0.29, 0.717) is 25.9 Å². The van der Waals surface area contributed by atoms with Crippen molar-refractivity contribution < 1.29 is 24.2 Å². The molecule has 1 fully saturated rings. The molecule has 1 aliphatic heterocycles. The molecule has 2 aliphatic rings. The Labute approximate surface area is 187 Å². The second kappa shape index (κ2) is 9.42. The SMILES string of the molecule is C[C@@H](NC(=O)OCC1c2ccccc2-c2ccccc21)C(=O)N1CCC(CC(=O)O)CC1. The first-order valence-corrected chi connectivity index (χ1v) is 11.1. The summed E-state index contributed by atoms with van der Waals surface area (Å²) in [6.45, 7) is 2.86. The summed E-state index contributed by atoms with van der Waals surface area (Å²) in [5, 5.41) is 11.6. The number of rotatable bonds is 6. The second-order valence-electron chi connectivity index (χ2n) is 8.56. The van der Waals surface area contributed by atoms with Crippen LogP contribution in [0, 0.1) is 5.92 Å². The van der Waals surface area contributed by atoms with Gasteiger partial charge in [-0.25, -0.2) is 4.79 Å². The molecular formula is C25H28N2O5. The Balaban J connectivity index is 1.30. The van der Waals surface area contributed by atoms with Crippen LogP contribution in [-0.2, 0) is 14.3 Å². The van der Waals surface area contributed by atoms with Crippen LogP contribution in [0.4, 0.5) is 4.79 Å². The van der Waals surface area contributed by atoms with Crippen LogP contribution in [-0.4, -0.2) is 53.7 Å². The monoisotopic (exact) mass is 436 g/mol. The highest BCUT2D eigenvalue weighted by Gasteiger charge is 2.30. The number of carboxylic acids is 1. The van der Waals surface area contributed by atoms with Crippen molar-refractivity contribution in [3.05, 3.63) is 59.7 Å². The highest BCUT2D eigenvalue weighted by Crippen LogP contribution is 2.44. The molecule has 4 rings (SSSR count). The maximum atomic E-state index is 12.7. The van der Waals surface area contributed by atoms with E-state index in [4.69, 9.17) is 9.84 Å². The molecular weight excluding hydrogens is 408 g/mol. The first kappa shape index (κ1) is 21.9. The van der Waals surface area contributed by atoms with E-state index < -0.39 is 18.1 Å². The van der Waals surface area contributed by atoms with Crippen molar-refractivity contribution in [3.8, 4) is 11.1 Å². The van der Waals surface area contributed by atoms with Crippen LogP contribution in [0.2, 0.25) is 0 Å². The van der Waals surface area contributed by atoms with Crippen molar-refractivity contribution in [2.75, 3.05) is 19.7 Å². The van der Waals surface area contributed by atoms with E-state index >= 15 is 0 Å². The van der Waals surface area contributed by atoms with Crippen LogP contribution in [0.25, 0.3) is 11.1 Å². The molecule has 1 atom stereocenters. The van der Waals surface area contributed by atoms with Crippen molar-refractivity contribution in [2.24, 2.45) is 5.92 Å². The quantitative estimate of drug-likeness (QED) is 0.721. The number of alkyl carbamates (subject to hydrolysis) is 1. The lowest BCUT2D eigenvalue weighted by Gasteiger charge is -2.33. The first-order valence-electron chi connectivity index (χ1n) is 11.1. The number of piperidine rings is 1. The minimum Gasteiger partial charge on any atom is -0.481 e. The predicted octanol–water partition coefficient (Wildman–Crippen LogP) is 3.63. The Morgan fingerprint density at radius 1 is 1.03 bits per heavy atom. The summed E-state index contributed by atoms with van der Waals surface area (Å²) in [6, 6.07) is 15.5. The van der Waals surface area contributed by atoms with E-state index in [0.717, 1.165) is 22.3 Å². The average molecular weight is 437 g/mol. The molecule has 0 saturated carbocycles. The molecule has 0 radical (unpaired) electrons. The highest BCUT2D eigenvalue weighted by molar-refractivity contribution is 5.85. The molecule has 168 valence electrons. The summed E-state index contributed by atoms with van der Waals surface area (Å²) >= 11 is 0. The third kappa shape index (κ3) is 4.61. The minimum atomic E-state index is -0.805. The van der Waals surface area contributed by atoms with Gasteiger partial charge in [0, 0.05) is 25.4 Å². The number of ether oxygens (including phenoxy) is 1. The zero-order valence-electron chi connectivity index (χ0n) is 18.1. The van der Waals surface area contributed by atoms with Crippen molar-refractivity contribution in [1.29, 1.82) is 0 Å². The molecule has 0 unspecified atom stereocenters. The summed E-state index contributed by atoms with van der Waals surface area (Å²) in [5.41, 5.74) is 4.59. The molecule has 1 heterocycles. The Morgan fingerprint density at radius 3 is 2.16 bits per heavy atom. The lowest BCUT2D eigenvalue weighted by atomic mass is 9.93. The van der Waals surface area contributed by atoms with Gasteiger partial charge < -0.3 is 20.1 Å². The predicted molar refractivity (Wildman–Crippen MR) is 119 cm³/mol. The second-order valence-corrected chi connectivity index (χ2v) is 8.56. The van der Waals surface area contributed by atoms with Crippen LogP contribution in [0.1, 0.15) is 43.2 Å². The molecule has 1 saturated heterocycles. The molecule has 7 nitrogen and oxygen atoms in total. The number of hydrogen-bond acceptors (Lipinski definition) is 4. The Bertz CT molecular complexity index is 967. The topological polar surface area (TPSA) is 95.9 Å². The number of fused-ring (bicyclic) bond motifs is 3. The standard InChI is InChI=1S/C25H28N2O5/c1-16(24(30)27-12-10-17(11-13-27)14-23(28)29)26-25(31)32-15-22-20-8-4-2-6-18(20)19-7-3-5-9-21(19)22/h2-9,16-17,22H,10-15H2,1H3,(H,26,31)(H,28,29)/t16-/m1/s1. The molecule has 0 bridgehead atoms. The van der Waals surface area contributed by atoms with Gasteiger partial charge in [0.15, 0.2) is 0 Å². The molecule has 1 aliphatic carbocycles. The van der Waals surface area contributed by atoms with E-state index in [2.05, 4.69) is 29.6 Å². The van der Waals surface area contributed by atoms with Gasteiger partial charge in [-0.2, -0.15) is 0 Å². The van der Waals surface area contributed by atoms with Gasteiger partial charge in [-0.05, 0) is 47.9 Å². The Kier molecular flexibility index (Phi) is 6.44. The van der Waals surface area contributed by atoms with Crippen LogP contribution in [0.15, 0.2) is 48.5 Å². The third-order valence-corrected chi connectivity index (χ3v) is 6.44. The molecule has 7 heteroatoms. The van der Waals surface area contributed by atoms with Crippen LogP contribution < -0.4 is 5.32 Å². The Morgan fingerprint density at radius 2 is 1.59 bits per heavy atom. The number of amides is 2. The maximum Gasteiger partial charge on any atom is 0.407 e. The largest absolute Gasteiger partial charge is 0.481 e. The van der Waals surface area contributed by atoms with Crippen molar-refractivity contribution >= 4 is 18.0 Å². The van der Waals surface area contributed by atoms with Gasteiger partial charge in [0.1, 0.15) is 12.6 Å². The fraction of sp³-hybridized carbons (Fsp3) is 0.400. The maximum absolute atomic E-state index is 12.7. The molecule has 32 heavy (non-hydrogen) atoms. The lowest BCUT2D eigenvalue weighted by Crippen LogP contribution is -2.49. The van der Waals surface area contributed by atoms with Crippen molar-refractivity contribution in [2.45, 2.75) is 38.1 Å². The highest BCUT2D eigenvalue weighted by atomic mass is 16.5. The third-order valence-electron chi connectivity index (χ3n) is 6.44. The van der Waals surface area contributed by atoms with Gasteiger partial charge in [0.05, 0.1) is 0 Å². The zero-order valence-corrected chi connectivity index (χ0v) is 18.1. The van der Waals surface area contributed by atoms with Gasteiger partial charge in [0.2, 0.25) is 5.91 Å². The number of aliphatic carboxylic acids is 1. The Hall–Kier alpha value is -3.35. The number of carbonyl (C=O) groups is 3. The van der Waals surface area contributed by atoms with Gasteiger partial charge in [-0.1, -0.05) is 48.5 Å². The number of carboxylic acid groups (broad SMARTS) is 1. The fourth-order valence-corrected chi connectivity index (χ4v) is 4.76. The average Bonchev–Trinajstić information content (AvgIpc) is 3.11. The molecule has 2 aromatic carbocycles. The van der Waals surface area contributed by atoms with E-state index in [1.54, 1.807) is 11.8 Å². The molecule has 2 amide bonds. The molecule has 0 spiro atoms. The first-order chi connectivity index (χ1) is 15.4. The van der Waals surface area contributed by atoms with Crippen LogP contribution in [0.3, 0.4) is 0 Å². The number of nitrogens with one attached hydrogen (secondary N) is 1. The van der Waals surface area contributed by atoms with Gasteiger partial charge >= 0.3 is 12.1 Å². The number of nitrogens with zero attached hydrogens (tertiary/aromatic N) is 1.